The van der Waals surface area contributed by atoms with Gasteiger partial charge in [0.25, 0.3) is 0 Å². The van der Waals surface area contributed by atoms with E-state index in [4.69, 9.17) is 11.6 Å². The molecule has 0 aliphatic rings. The number of anilines is 2. The lowest BCUT2D eigenvalue weighted by molar-refractivity contribution is -0.137. The molecule has 3 N–H and O–H groups in total. The van der Waals surface area contributed by atoms with Gasteiger partial charge in [0.2, 0.25) is 5.91 Å². The second kappa shape index (κ2) is 8.54. The van der Waals surface area contributed by atoms with E-state index in [1.807, 2.05) is 10.6 Å². The second-order valence-electron chi connectivity index (χ2n) is 5.24. The third kappa shape index (κ3) is 6.00. The lowest BCUT2D eigenvalue weighted by Gasteiger charge is -2.13. The number of benzene rings is 2. The number of carbonyl (C=O) groups is 3. The summed E-state index contributed by atoms with van der Waals surface area (Å²) < 4.78 is 38.6. The molecule has 2 aromatic rings. The van der Waals surface area contributed by atoms with Gasteiger partial charge in [-0.05, 0) is 30.3 Å². The molecule has 6 nitrogen and oxygen atoms in total. The van der Waals surface area contributed by atoms with Crippen molar-refractivity contribution in [1.29, 1.82) is 0 Å². The molecule has 0 fully saturated rings. The van der Waals surface area contributed by atoms with Crippen LogP contribution in [0.5, 0.6) is 0 Å². The average molecular weight is 400 g/mol. The fraction of sp³-hybridized carbons (Fsp3) is 0.118. The van der Waals surface area contributed by atoms with Gasteiger partial charge in [-0.25, -0.2) is 0 Å². The second-order valence-corrected chi connectivity index (χ2v) is 5.68. The number of alkyl halides is 3. The van der Waals surface area contributed by atoms with Crippen LogP contribution in [0.15, 0.2) is 48.5 Å². The normalized spacial score (nSPS) is 10.8. The van der Waals surface area contributed by atoms with E-state index in [-0.39, 0.29) is 5.69 Å². The highest BCUT2D eigenvalue weighted by atomic mass is 35.5. The summed E-state index contributed by atoms with van der Waals surface area (Å²) in [6, 6.07) is 10.4. The van der Waals surface area contributed by atoms with Crippen LogP contribution < -0.4 is 16.0 Å². The molecule has 0 aromatic heterocycles. The zero-order valence-corrected chi connectivity index (χ0v) is 14.3. The van der Waals surface area contributed by atoms with Gasteiger partial charge in [0.1, 0.15) is 0 Å². The summed E-state index contributed by atoms with van der Waals surface area (Å²) in [6.45, 7) is -0.687. The average Bonchev–Trinajstić information content (AvgIpc) is 2.59. The Balaban J connectivity index is 1.90. The molecule has 0 radical (unpaired) electrons. The summed E-state index contributed by atoms with van der Waals surface area (Å²) in [6.07, 6.45) is -4.65. The maximum Gasteiger partial charge on any atom is 0.418 e. The molecule has 0 spiro atoms. The first-order valence-corrected chi connectivity index (χ1v) is 7.85. The van der Waals surface area contributed by atoms with Crippen molar-refractivity contribution in [3.05, 3.63) is 59.1 Å². The smallest absolute Gasteiger partial charge is 0.339 e. The zero-order valence-electron chi connectivity index (χ0n) is 13.6. The third-order valence-corrected chi connectivity index (χ3v) is 3.44. The van der Waals surface area contributed by atoms with Gasteiger partial charge in [0.15, 0.2) is 0 Å². The Morgan fingerprint density at radius 1 is 0.926 bits per heavy atom. The molecule has 3 amide bonds. The molecule has 27 heavy (non-hydrogen) atoms. The molecule has 0 saturated carbocycles. The highest BCUT2D eigenvalue weighted by molar-refractivity contribution is 6.40. The number of halogens is 4. The summed E-state index contributed by atoms with van der Waals surface area (Å²) in [5.41, 5.74) is -1.21. The first kappa shape index (κ1) is 20.2. The van der Waals surface area contributed by atoms with Crippen LogP contribution in [0, 0.1) is 0 Å². The Kier molecular flexibility index (Phi) is 6.40. The van der Waals surface area contributed by atoms with Gasteiger partial charge in [-0.3, -0.25) is 14.4 Å². The van der Waals surface area contributed by atoms with Gasteiger partial charge >= 0.3 is 18.0 Å². The number of nitrogens with one attached hydrogen (secondary N) is 3. The lowest BCUT2D eigenvalue weighted by Crippen LogP contribution is -2.40. The Morgan fingerprint density at radius 3 is 2.30 bits per heavy atom. The van der Waals surface area contributed by atoms with Crippen LogP contribution in [0.25, 0.3) is 0 Å². The van der Waals surface area contributed by atoms with Crippen LogP contribution in [0.1, 0.15) is 5.56 Å². The molecule has 0 atom stereocenters. The minimum absolute atomic E-state index is 0.270. The number of rotatable bonds is 4. The van der Waals surface area contributed by atoms with E-state index in [0.29, 0.717) is 5.02 Å². The molecule has 0 aliphatic carbocycles. The molecule has 142 valence electrons. The molecular formula is C17H13ClF3N3O3. The van der Waals surface area contributed by atoms with E-state index in [2.05, 4.69) is 5.32 Å². The van der Waals surface area contributed by atoms with Crippen molar-refractivity contribution in [3.8, 4) is 0 Å². The molecule has 10 heteroatoms. The van der Waals surface area contributed by atoms with Crippen LogP contribution in [0.2, 0.25) is 5.02 Å². The maximum atomic E-state index is 12.9. The van der Waals surface area contributed by atoms with Crippen LogP contribution in [0.4, 0.5) is 24.5 Å². The molecule has 0 unspecified atom stereocenters. The molecule has 2 rings (SSSR count). The van der Waals surface area contributed by atoms with Gasteiger partial charge < -0.3 is 16.0 Å². The van der Waals surface area contributed by atoms with Crippen molar-refractivity contribution in [3.63, 3.8) is 0 Å². The molecule has 0 saturated heterocycles. The van der Waals surface area contributed by atoms with Crippen molar-refractivity contribution in [2.75, 3.05) is 17.2 Å². The lowest BCUT2D eigenvalue weighted by atomic mass is 10.1. The first-order chi connectivity index (χ1) is 12.7. The number of para-hydroxylation sites is 1. The summed E-state index contributed by atoms with van der Waals surface area (Å²) in [5.74, 6) is -3.11. The van der Waals surface area contributed by atoms with Crippen molar-refractivity contribution < 1.29 is 27.6 Å². The van der Waals surface area contributed by atoms with Crippen LogP contribution >= 0.6 is 11.6 Å². The van der Waals surface area contributed by atoms with E-state index in [1.54, 1.807) is 12.1 Å². The van der Waals surface area contributed by atoms with Gasteiger partial charge in [-0.2, -0.15) is 13.2 Å². The predicted octanol–water partition coefficient (Wildman–Crippen LogP) is 3.05. The van der Waals surface area contributed by atoms with Crippen LogP contribution in [-0.4, -0.2) is 24.3 Å². The van der Waals surface area contributed by atoms with Crippen molar-refractivity contribution in [2.24, 2.45) is 0 Å². The minimum atomic E-state index is -4.65. The zero-order chi connectivity index (χ0) is 20.0. The maximum absolute atomic E-state index is 12.9. The number of amides is 3. The number of hydrogen-bond donors (Lipinski definition) is 3. The number of carbonyl (C=O) groups excluding carboxylic acids is 3. The predicted molar refractivity (Wildman–Crippen MR) is 93.2 cm³/mol. The van der Waals surface area contributed by atoms with Gasteiger partial charge in [-0.15, -0.1) is 0 Å². The van der Waals surface area contributed by atoms with Gasteiger partial charge in [-0.1, -0.05) is 29.8 Å². The number of hydrogen-bond acceptors (Lipinski definition) is 3. The Hall–Kier alpha value is -3.07. The van der Waals surface area contributed by atoms with Crippen molar-refractivity contribution in [1.82, 2.24) is 5.32 Å². The monoisotopic (exact) mass is 399 g/mol. The SMILES string of the molecule is O=C(CNC(=O)C(=O)Nc1cccc(Cl)c1)Nc1ccccc1C(F)(F)F. The van der Waals surface area contributed by atoms with Crippen LogP contribution in [-0.2, 0) is 20.6 Å². The first-order valence-electron chi connectivity index (χ1n) is 7.47. The largest absolute Gasteiger partial charge is 0.418 e. The standard InChI is InChI=1S/C17H13ClF3N3O3/c18-10-4-3-5-11(8-10)23-16(27)15(26)22-9-14(25)24-13-7-2-1-6-12(13)17(19,20)21/h1-8H,9H2,(H,22,26)(H,23,27)(H,24,25). The molecule has 0 aliphatic heterocycles. The van der Waals surface area contributed by atoms with Crippen molar-refractivity contribution >= 4 is 40.7 Å². The van der Waals surface area contributed by atoms with E-state index in [1.165, 1.54) is 24.3 Å². The Labute approximate surface area is 156 Å². The van der Waals surface area contributed by atoms with E-state index < -0.39 is 41.7 Å². The quantitative estimate of drug-likeness (QED) is 0.690. The molecule has 0 bridgehead atoms. The fourth-order valence-electron chi connectivity index (χ4n) is 2.03. The molecule has 2 aromatic carbocycles. The van der Waals surface area contributed by atoms with E-state index in [9.17, 15) is 27.6 Å². The van der Waals surface area contributed by atoms with E-state index in [0.717, 1.165) is 12.1 Å². The summed E-state index contributed by atoms with van der Waals surface area (Å²) in [4.78, 5) is 35.2. The summed E-state index contributed by atoms with van der Waals surface area (Å²) >= 11 is 5.75. The molecule has 0 heterocycles. The Morgan fingerprint density at radius 2 is 1.63 bits per heavy atom. The van der Waals surface area contributed by atoms with Gasteiger partial charge in [0, 0.05) is 10.7 Å². The van der Waals surface area contributed by atoms with Crippen LogP contribution in [0.3, 0.4) is 0 Å². The minimum Gasteiger partial charge on any atom is -0.339 e. The third-order valence-electron chi connectivity index (χ3n) is 3.20. The highest BCUT2D eigenvalue weighted by Gasteiger charge is 2.33. The summed E-state index contributed by atoms with van der Waals surface area (Å²) in [5, 5.41) is 6.68. The fourth-order valence-corrected chi connectivity index (χ4v) is 2.22. The van der Waals surface area contributed by atoms with Crippen molar-refractivity contribution in [2.45, 2.75) is 6.18 Å². The topological polar surface area (TPSA) is 87.3 Å². The van der Waals surface area contributed by atoms with Gasteiger partial charge in [0.05, 0.1) is 17.8 Å². The Bertz CT molecular complexity index is 872. The highest BCUT2D eigenvalue weighted by Crippen LogP contribution is 2.34. The van der Waals surface area contributed by atoms with E-state index >= 15 is 0 Å². The molecular weight excluding hydrogens is 387 g/mol. The summed E-state index contributed by atoms with van der Waals surface area (Å²) in [7, 11) is 0.